The van der Waals surface area contributed by atoms with Crippen LogP contribution in [-0.4, -0.2) is 17.1 Å². The van der Waals surface area contributed by atoms with Gasteiger partial charge < -0.3 is 10.8 Å². The average molecular weight is 182 g/mol. The van der Waals surface area contributed by atoms with Crippen LogP contribution < -0.4 is 5.73 Å². The number of carbonyl (C=O) groups is 1. The fourth-order valence-electron chi connectivity index (χ4n) is 0.962. The lowest BCUT2D eigenvalue weighted by atomic mass is 10.1. The quantitative estimate of drug-likeness (QED) is 0.726. The summed E-state index contributed by atoms with van der Waals surface area (Å²) in [6.45, 7) is 0. The van der Waals surface area contributed by atoms with Gasteiger partial charge in [0, 0.05) is 0 Å². The minimum absolute atomic E-state index is 0.218. The predicted molar refractivity (Wildman–Crippen MR) is 45.7 cm³/mol. The highest BCUT2D eigenvalue weighted by molar-refractivity contribution is 5.73. The number of nitrogens with two attached hydrogens (primary N) is 1. The molecule has 0 aliphatic carbocycles. The van der Waals surface area contributed by atoms with E-state index in [1.807, 2.05) is 0 Å². The lowest BCUT2D eigenvalue weighted by Gasteiger charge is -2.05. The van der Waals surface area contributed by atoms with Gasteiger partial charge in [-0.15, -0.1) is 0 Å². The Hall–Kier alpha value is -1.42. The topological polar surface area (TPSA) is 63.3 Å². The lowest BCUT2D eigenvalue weighted by Crippen LogP contribution is -2.32. The number of hydrogen-bond donors (Lipinski definition) is 2. The Morgan fingerprint density at radius 1 is 1.46 bits per heavy atom. The molecule has 3 nitrogen and oxygen atoms in total. The molecule has 0 heterocycles. The van der Waals surface area contributed by atoms with Crippen molar-refractivity contribution in [2.45, 2.75) is 12.5 Å². The van der Waals surface area contributed by atoms with Crippen LogP contribution in [-0.2, 0) is 11.2 Å². The Morgan fingerprint density at radius 2 is 2.00 bits per heavy atom. The fraction of sp³-hybridized carbons (Fsp3) is 0.222. The van der Waals surface area contributed by atoms with Crippen LogP contribution in [0, 0.1) is 5.82 Å². The molecule has 1 rings (SSSR count). The Kier molecular flexibility index (Phi) is 2.97. The van der Waals surface area contributed by atoms with Gasteiger partial charge in [0.15, 0.2) is 0 Å². The molecule has 0 aromatic heterocycles. The number of hydrogen-bond acceptors (Lipinski definition) is 2. The summed E-state index contributed by atoms with van der Waals surface area (Å²) in [7, 11) is 0. The summed E-state index contributed by atoms with van der Waals surface area (Å²) in [5.41, 5.74) is 6.01. The first-order valence-electron chi connectivity index (χ1n) is 3.82. The monoisotopic (exact) mass is 182 g/mol. The molecule has 3 N–H and O–H groups in total. The summed E-state index contributed by atoms with van der Waals surface area (Å²) in [4.78, 5) is 10.4. The molecule has 0 unspecified atom stereocenters. The normalized spacial score (nSPS) is 12.5. The zero-order chi connectivity index (χ0) is 9.84. The molecule has 1 aromatic carbocycles. The second-order valence-electron chi connectivity index (χ2n) is 2.78. The van der Waals surface area contributed by atoms with Crippen molar-refractivity contribution >= 4 is 5.97 Å². The standard InChI is InChI=1S/C9H10FNO2/c10-7-3-1-6(2-4-7)5-8(11)9(12)13/h1-4,8H,5,11H2,(H,12,13)/t8-/m0/s1/i10-1. The van der Waals surface area contributed by atoms with Gasteiger partial charge in [0.1, 0.15) is 11.9 Å². The molecule has 0 bridgehead atoms. The van der Waals surface area contributed by atoms with Gasteiger partial charge in [-0.25, -0.2) is 4.39 Å². The molecule has 13 heavy (non-hydrogen) atoms. The third-order valence-electron chi connectivity index (χ3n) is 1.69. The van der Waals surface area contributed by atoms with E-state index in [1.165, 1.54) is 24.3 Å². The summed E-state index contributed by atoms with van der Waals surface area (Å²) < 4.78 is 12.4. The smallest absolute Gasteiger partial charge is 0.320 e. The number of aliphatic carboxylic acids is 1. The van der Waals surface area contributed by atoms with Crippen molar-refractivity contribution in [2.75, 3.05) is 0 Å². The van der Waals surface area contributed by atoms with E-state index >= 15 is 0 Å². The number of benzene rings is 1. The first-order valence-corrected chi connectivity index (χ1v) is 3.82. The number of rotatable bonds is 3. The molecular weight excluding hydrogens is 172 g/mol. The Balaban J connectivity index is 2.64. The molecule has 4 heteroatoms. The van der Waals surface area contributed by atoms with E-state index < -0.39 is 12.0 Å². The minimum atomic E-state index is -1.05. The third kappa shape index (κ3) is 2.83. The highest BCUT2D eigenvalue weighted by Gasteiger charge is 2.11. The Labute approximate surface area is 75.0 Å². The SMILES string of the molecule is N[C@@H](Cc1ccc([18F])cc1)C(=O)O. The molecule has 0 fully saturated rings. The first kappa shape index (κ1) is 9.67. The summed E-state index contributed by atoms with van der Waals surface area (Å²) >= 11 is 0. The van der Waals surface area contributed by atoms with Gasteiger partial charge in [-0.3, -0.25) is 4.79 Å². The van der Waals surface area contributed by atoms with Crippen LogP contribution in [0.5, 0.6) is 0 Å². The van der Waals surface area contributed by atoms with Crippen molar-refractivity contribution < 1.29 is 14.3 Å². The van der Waals surface area contributed by atoms with Crippen LogP contribution in [0.2, 0.25) is 0 Å². The van der Waals surface area contributed by atoms with E-state index in [2.05, 4.69) is 0 Å². The molecule has 0 saturated heterocycles. The molecule has 1 atom stereocenters. The third-order valence-corrected chi connectivity index (χ3v) is 1.69. The average Bonchev–Trinajstić information content (AvgIpc) is 2.08. The van der Waals surface area contributed by atoms with Crippen LogP contribution in [0.3, 0.4) is 0 Å². The van der Waals surface area contributed by atoms with Crippen molar-refractivity contribution in [2.24, 2.45) is 5.73 Å². The van der Waals surface area contributed by atoms with E-state index in [0.717, 1.165) is 5.56 Å². The maximum Gasteiger partial charge on any atom is 0.320 e. The molecule has 0 radical (unpaired) electrons. The number of halogens is 1. The molecule has 0 spiro atoms. The highest BCUT2D eigenvalue weighted by atomic mass is 18.2. The maximum atomic E-state index is 12.4. The van der Waals surface area contributed by atoms with Gasteiger partial charge in [-0.05, 0) is 24.1 Å². The van der Waals surface area contributed by atoms with Crippen molar-refractivity contribution in [1.82, 2.24) is 0 Å². The predicted octanol–water partition coefficient (Wildman–Crippen LogP) is 0.780. The summed E-state index contributed by atoms with van der Waals surface area (Å²) in [6, 6.07) is 4.69. The van der Waals surface area contributed by atoms with Gasteiger partial charge in [-0.1, -0.05) is 12.1 Å². The van der Waals surface area contributed by atoms with Crippen LogP contribution >= 0.6 is 0 Å². The van der Waals surface area contributed by atoms with Gasteiger partial charge in [-0.2, -0.15) is 0 Å². The lowest BCUT2D eigenvalue weighted by molar-refractivity contribution is -0.138. The van der Waals surface area contributed by atoms with Gasteiger partial charge in [0.2, 0.25) is 0 Å². The van der Waals surface area contributed by atoms with Gasteiger partial charge >= 0.3 is 5.97 Å². The Bertz CT molecular complexity index is 297. The number of carboxylic acid groups (broad SMARTS) is 1. The molecule has 0 saturated carbocycles. The van der Waals surface area contributed by atoms with Crippen molar-refractivity contribution in [3.63, 3.8) is 0 Å². The van der Waals surface area contributed by atoms with Crippen LogP contribution in [0.15, 0.2) is 24.3 Å². The molecular formula is C9H10FNO2. The van der Waals surface area contributed by atoms with E-state index in [4.69, 9.17) is 10.8 Å². The zero-order valence-electron chi connectivity index (χ0n) is 6.90. The van der Waals surface area contributed by atoms with Crippen LogP contribution in [0.25, 0.3) is 0 Å². The molecule has 0 amide bonds. The summed E-state index contributed by atoms with van der Waals surface area (Å²) in [5.74, 6) is -1.39. The van der Waals surface area contributed by atoms with Crippen LogP contribution in [0.4, 0.5) is 4.39 Å². The van der Waals surface area contributed by atoms with Crippen LogP contribution in [0.1, 0.15) is 5.56 Å². The maximum absolute atomic E-state index is 12.4. The first-order chi connectivity index (χ1) is 6.09. The van der Waals surface area contributed by atoms with Crippen molar-refractivity contribution in [3.05, 3.63) is 35.6 Å². The highest BCUT2D eigenvalue weighted by Crippen LogP contribution is 2.04. The van der Waals surface area contributed by atoms with Gasteiger partial charge in [0.05, 0.1) is 0 Å². The van der Waals surface area contributed by atoms with E-state index in [0.29, 0.717) is 0 Å². The van der Waals surface area contributed by atoms with E-state index in [1.54, 1.807) is 0 Å². The molecule has 1 aromatic rings. The second kappa shape index (κ2) is 4.00. The van der Waals surface area contributed by atoms with E-state index in [-0.39, 0.29) is 12.2 Å². The minimum Gasteiger partial charge on any atom is -0.480 e. The Morgan fingerprint density at radius 3 is 2.46 bits per heavy atom. The molecule has 0 aliphatic heterocycles. The van der Waals surface area contributed by atoms with Crippen molar-refractivity contribution in [1.29, 1.82) is 0 Å². The fourth-order valence-corrected chi connectivity index (χ4v) is 0.962. The number of carboxylic acids is 1. The largest absolute Gasteiger partial charge is 0.480 e. The summed E-state index contributed by atoms with van der Waals surface area (Å²) in [5, 5.41) is 8.50. The van der Waals surface area contributed by atoms with Gasteiger partial charge in [0.25, 0.3) is 0 Å². The second-order valence-corrected chi connectivity index (χ2v) is 2.78. The summed E-state index contributed by atoms with van der Waals surface area (Å²) in [6.07, 6.45) is 0.218. The molecule has 70 valence electrons. The van der Waals surface area contributed by atoms with E-state index in [9.17, 15) is 9.18 Å². The zero-order valence-corrected chi connectivity index (χ0v) is 6.90. The molecule has 0 aliphatic rings. The van der Waals surface area contributed by atoms with Crippen molar-refractivity contribution in [3.8, 4) is 0 Å².